The Kier molecular flexibility index (Phi) is 4.72. The fourth-order valence-corrected chi connectivity index (χ4v) is 3.13. The molecule has 2 heterocycles. The molecule has 140 valence electrons. The van der Waals surface area contributed by atoms with Gasteiger partial charge in [0.1, 0.15) is 11.5 Å². The average molecular weight is 373 g/mol. The van der Waals surface area contributed by atoms with E-state index in [1.165, 1.54) is 4.68 Å². The number of aromatic nitrogens is 4. The molecule has 0 spiro atoms. The standard InChI is InChI=1S/C21H19N5O2/c1-25-18(14-23-19(25)15-7-3-2-4-8-15)20(27)22-11-12-26-21(28)17-10-6-5-9-16(17)13-24-26/h2-10,13-14H,11-12H2,1H3,(H,22,27). The van der Waals surface area contributed by atoms with Crippen molar-refractivity contribution in [3.05, 3.63) is 83.0 Å². The van der Waals surface area contributed by atoms with E-state index >= 15 is 0 Å². The number of carbonyl (C=O) groups excluding carboxylic acids is 1. The van der Waals surface area contributed by atoms with Crippen molar-refractivity contribution in [1.29, 1.82) is 0 Å². The maximum absolute atomic E-state index is 12.5. The molecule has 0 radical (unpaired) electrons. The molecule has 0 aliphatic heterocycles. The first-order valence-electron chi connectivity index (χ1n) is 8.95. The number of nitrogens with zero attached hydrogens (tertiary/aromatic N) is 4. The second-order valence-corrected chi connectivity index (χ2v) is 6.41. The van der Waals surface area contributed by atoms with Crippen molar-refractivity contribution in [3.63, 3.8) is 0 Å². The summed E-state index contributed by atoms with van der Waals surface area (Å²) in [6.07, 6.45) is 3.21. The summed E-state index contributed by atoms with van der Waals surface area (Å²) in [5.74, 6) is 0.476. The summed E-state index contributed by atoms with van der Waals surface area (Å²) in [6, 6.07) is 17.0. The topological polar surface area (TPSA) is 81.8 Å². The summed E-state index contributed by atoms with van der Waals surface area (Å²) in [6.45, 7) is 0.578. The molecule has 0 atom stereocenters. The quantitative estimate of drug-likeness (QED) is 0.582. The lowest BCUT2D eigenvalue weighted by atomic mass is 10.2. The Hall–Kier alpha value is -3.74. The first kappa shape index (κ1) is 17.7. The number of imidazole rings is 1. The first-order valence-corrected chi connectivity index (χ1v) is 8.95. The van der Waals surface area contributed by atoms with Gasteiger partial charge in [-0.15, -0.1) is 0 Å². The number of hydrogen-bond acceptors (Lipinski definition) is 4. The molecule has 28 heavy (non-hydrogen) atoms. The Morgan fingerprint density at radius 2 is 1.79 bits per heavy atom. The summed E-state index contributed by atoms with van der Waals surface area (Å²) in [7, 11) is 1.81. The lowest BCUT2D eigenvalue weighted by Crippen LogP contribution is -2.32. The smallest absolute Gasteiger partial charge is 0.274 e. The summed E-state index contributed by atoms with van der Waals surface area (Å²) >= 11 is 0. The van der Waals surface area contributed by atoms with Crippen LogP contribution < -0.4 is 10.9 Å². The van der Waals surface area contributed by atoms with Crippen LogP contribution in [-0.4, -0.2) is 31.8 Å². The third-order valence-electron chi connectivity index (χ3n) is 4.62. The minimum Gasteiger partial charge on any atom is -0.349 e. The van der Waals surface area contributed by atoms with Crippen LogP contribution in [0.4, 0.5) is 0 Å². The largest absolute Gasteiger partial charge is 0.349 e. The molecular formula is C21H19N5O2. The molecule has 4 aromatic rings. The zero-order valence-corrected chi connectivity index (χ0v) is 15.4. The van der Waals surface area contributed by atoms with Gasteiger partial charge in [-0.1, -0.05) is 48.5 Å². The highest BCUT2D eigenvalue weighted by Crippen LogP contribution is 2.17. The molecule has 0 saturated heterocycles. The molecule has 0 bridgehead atoms. The van der Waals surface area contributed by atoms with Gasteiger partial charge in [0.05, 0.1) is 24.3 Å². The normalized spacial score (nSPS) is 10.9. The van der Waals surface area contributed by atoms with Crippen LogP contribution in [-0.2, 0) is 13.6 Å². The SMILES string of the molecule is Cn1c(C(=O)NCCn2ncc3ccccc3c2=O)cnc1-c1ccccc1. The van der Waals surface area contributed by atoms with Gasteiger partial charge in [0.2, 0.25) is 0 Å². The predicted molar refractivity (Wildman–Crippen MR) is 107 cm³/mol. The third-order valence-corrected chi connectivity index (χ3v) is 4.62. The van der Waals surface area contributed by atoms with Crippen LogP contribution in [0.25, 0.3) is 22.2 Å². The van der Waals surface area contributed by atoms with Crippen LogP contribution in [0.2, 0.25) is 0 Å². The van der Waals surface area contributed by atoms with Crippen LogP contribution in [0.3, 0.4) is 0 Å². The molecule has 7 heteroatoms. The molecule has 0 unspecified atom stereocenters. The highest BCUT2D eigenvalue weighted by atomic mass is 16.2. The number of nitrogens with one attached hydrogen (secondary N) is 1. The van der Waals surface area contributed by atoms with Gasteiger partial charge >= 0.3 is 0 Å². The van der Waals surface area contributed by atoms with E-state index in [9.17, 15) is 9.59 Å². The molecule has 1 amide bonds. The van der Waals surface area contributed by atoms with Crippen molar-refractivity contribution in [3.8, 4) is 11.4 Å². The molecule has 4 rings (SSSR count). The monoisotopic (exact) mass is 373 g/mol. The van der Waals surface area contributed by atoms with E-state index in [4.69, 9.17) is 0 Å². The van der Waals surface area contributed by atoms with Crippen LogP contribution in [0.1, 0.15) is 10.5 Å². The van der Waals surface area contributed by atoms with E-state index < -0.39 is 0 Å². The average Bonchev–Trinajstić information content (AvgIpc) is 3.12. The van der Waals surface area contributed by atoms with Crippen molar-refractivity contribution in [1.82, 2.24) is 24.6 Å². The minimum absolute atomic E-state index is 0.167. The highest BCUT2D eigenvalue weighted by molar-refractivity contribution is 5.93. The molecule has 0 aliphatic rings. The number of hydrogen-bond donors (Lipinski definition) is 1. The van der Waals surface area contributed by atoms with Gasteiger partial charge in [-0.3, -0.25) is 9.59 Å². The molecule has 7 nitrogen and oxygen atoms in total. The number of carbonyl (C=O) groups is 1. The van der Waals surface area contributed by atoms with Gasteiger partial charge < -0.3 is 9.88 Å². The minimum atomic E-state index is -0.244. The predicted octanol–water partition coefficient (Wildman–Crippen LogP) is 2.23. The first-order chi connectivity index (χ1) is 13.6. The number of rotatable bonds is 5. The second-order valence-electron chi connectivity index (χ2n) is 6.41. The molecule has 2 aromatic carbocycles. The summed E-state index contributed by atoms with van der Waals surface area (Å²) < 4.78 is 3.12. The van der Waals surface area contributed by atoms with Crippen molar-refractivity contribution in [2.75, 3.05) is 6.54 Å². The zero-order chi connectivity index (χ0) is 19.5. The number of amides is 1. The molecule has 2 aromatic heterocycles. The number of benzene rings is 2. The van der Waals surface area contributed by atoms with E-state index in [0.29, 0.717) is 17.6 Å². The van der Waals surface area contributed by atoms with E-state index in [2.05, 4.69) is 15.4 Å². The lowest BCUT2D eigenvalue weighted by Gasteiger charge is -2.09. The molecule has 0 fully saturated rings. The van der Waals surface area contributed by atoms with Crippen molar-refractivity contribution in [2.24, 2.45) is 7.05 Å². The molecular weight excluding hydrogens is 354 g/mol. The second kappa shape index (κ2) is 7.48. The molecule has 1 N–H and O–H groups in total. The Bertz CT molecular complexity index is 1190. The van der Waals surface area contributed by atoms with Crippen LogP contribution >= 0.6 is 0 Å². The van der Waals surface area contributed by atoms with E-state index in [-0.39, 0.29) is 18.0 Å². The van der Waals surface area contributed by atoms with Gasteiger partial charge in [-0.05, 0) is 6.07 Å². The zero-order valence-electron chi connectivity index (χ0n) is 15.4. The summed E-state index contributed by atoms with van der Waals surface area (Å²) in [5, 5.41) is 8.42. The summed E-state index contributed by atoms with van der Waals surface area (Å²) in [5.41, 5.74) is 1.23. The Balaban J connectivity index is 1.45. The van der Waals surface area contributed by atoms with E-state index in [1.807, 2.05) is 48.5 Å². The van der Waals surface area contributed by atoms with Gasteiger partial charge in [-0.2, -0.15) is 5.10 Å². The Morgan fingerprint density at radius 3 is 2.61 bits per heavy atom. The molecule has 0 aliphatic carbocycles. The maximum atomic E-state index is 12.5. The fraction of sp³-hybridized carbons (Fsp3) is 0.143. The van der Waals surface area contributed by atoms with Crippen molar-refractivity contribution >= 4 is 16.7 Å². The number of fused-ring (bicyclic) bond motifs is 1. The van der Waals surface area contributed by atoms with Gasteiger partial charge in [0.25, 0.3) is 11.5 Å². The van der Waals surface area contributed by atoms with Gasteiger partial charge in [0.15, 0.2) is 0 Å². The van der Waals surface area contributed by atoms with Crippen LogP contribution in [0, 0.1) is 0 Å². The van der Waals surface area contributed by atoms with E-state index in [0.717, 1.165) is 16.8 Å². The highest BCUT2D eigenvalue weighted by Gasteiger charge is 2.14. The van der Waals surface area contributed by atoms with E-state index in [1.54, 1.807) is 30.1 Å². The van der Waals surface area contributed by atoms with Crippen LogP contribution in [0.5, 0.6) is 0 Å². The third kappa shape index (κ3) is 3.29. The Labute approximate surface area is 161 Å². The van der Waals surface area contributed by atoms with Crippen LogP contribution in [0.15, 0.2) is 71.8 Å². The molecule has 0 saturated carbocycles. The lowest BCUT2D eigenvalue weighted by molar-refractivity contribution is 0.0943. The fourth-order valence-electron chi connectivity index (χ4n) is 3.13. The Morgan fingerprint density at radius 1 is 1.04 bits per heavy atom. The maximum Gasteiger partial charge on any atom is 0.274 e. The van der Waals surface area contributed by atoms with Crippen molar-refractivity contribution in [2.45, 2.75) is 6.54 Å². The van der Waals surface area contributed by atoms with Crippen molar-refractivity contribution < 1.29 is 4.79 Å². The summed E-state index contributed by atoms with van der Waals surface area (Å²) in [4.78, 5) is 29.3. The van der Waals surface area contributed by atoms with Gasteiger partial charge in [0, 0.05) is 24.5 Å². The van der Waals surface area contributed by atoms with Gasteiger partial charge in [-0.25, -0.2) is 9.67 Å².